The quantitative estimate of drug-likeness (QED) is 0.240. The van der Waals surface area contributed by atoms with Crippen molar-refractivity contribution in [3.8, 4) is 11.5 Å². The topological polar surface area (TPSA) is 94.2 Å². The van der Waals surface area contributed by atoms with Crippen molar-refractivity contribution in [1.82, 2.24) is 5.32 Å². The van der Waals surface area contributed by atoms with E-state index in [1.165, 1.54) is 6.08 Å². The molecular formula is C23H20Cl2N2O6S. The van der Waals surface area contributed by atoms with Crippen LogP contribution in [0.2, 0.25) is 10.0 Å². The maximum absolute atomic E-state index is 13.2. The average molecular weight is 523 g/mol. The predicted molar refractivity (Wildman–Crippen MR) is 132 cm³/mol. The van der Waals surface area contributed by atoms with Crippen LogP contribution in [0.5, 0.6) is 11.5 Å². The first-order valence-corrected chi connectivity index (χ1v) is 11.3. The van der Waals surface area contributed by atoms with Crippen LogP contribution in [0, 0.1) is 0 Å². The SMILES string of the molecule is CCOC(=O)COc1ccc(/C=C2\C(=O)NC(=S)N(c3cccc(Cl)c3Cl)C2=O)cc1OCC. The summed E-state index contributed by atoms with van der Waals surface area (Å²) in [5, 5.41) is 2.73. The number of ether oxygens (including phenoxy) is 3. The third-order valence-corrected chi connectivity index (χ3v) is 5.60. The number of nitrogens with one attached hydrogen (secondary N) is 1. The largest absolute Gasteiger partial charge is 0.490 e. The number of nitrogens with zero attached hydrogens (tertiary/aromatic N) is 1. The van der Waals surface area contributed by atoms with Crippen molar-refractivity contribution in [2.24, 2.45) is 0 Å². The molecule has 0 bridgehead atoms. The maximum atomic E-state index is 13.2. The third-order valence-electron chi connectivity index (χ3n) is 4.50. The molecule has 0 saturated carbocycles. The minimum atomic E-state index is -0.668. The van der Waals surface area contributed by atoms with Crippen molar-refractivity contribution < 1.29 is 28.6 Å². The molecule has 3 rings (SSSR count). The fourth-order valence-corrected chi connectivity index (χ4v) is 3.70. The van der Waals surface area contributed by atoms with E-state index in [2.05, 4.69) is 5.32 Å². The first-order valence-electron chi connectivity index (χ1n) is 10.2. The van der Waals surface area contributed by atoms with Crippen molar-refractivity contribution in [2.75, 3.05) is 24.7 Å². The molecule has 1 fully saturated rings. The molecule has 0 radical (unpaired) electrons. The van der Waals surface area contributed by atoms with Gasteiger partial charge in [0.05, 0.1) is 28.9 Å². The predicted octanol–water partition coefficient (Wildman–Crippen LogP) is 4.17. The molecule has 8 nitrogen and oxygen atoms in total. The summed E-state index contributed by atoms with van der Waals surface area (Å²) >= 11 is 17.5. The standard InChI is InChI=1S/C23H20Cl2N2O6S/c1-3-31-18-11-13(8-9-17(18)33-12-19(28)32-4-2)10-14-21(29)26-23(34)27(22(14)30)16-7-5-6-15(24)20(16)25/h5-11H,3-4,12H2,1-2H3,(H,26,29,34)/b14-10+. The van der Waals surface area contributed by atoms with Gasteiger partial charge < -0.3 is 14.2 Å². The molecule has 2 amide bonds. The summed E-state index contributed by atoms with van der Waals surface area (Å²) in [4.78, 5) is 38.5. The van der Waals surface area contributed by atoms with E-state index in [0.29, 0.717) is 23.7 Å². The van der Waals surface area contributed by atoms with Crippen LogP contribution in [0.4, 0.5) is 5.69 Å². The number of rotatable bonds is 8. The molecule has 2 aromatic rings. The maximum Gasteiger partial charge on any atom is 0.344 e. The van der Waals surface area contributed by atoms with E-state index in [4.69, 9.17) is 49.6 Å². The lowest BCUT2D eigenvalue weighted by Gasteiger charge is -2.29. The number of carbonyl (C=O) groups excluding carboxylic acids is 3. The lowest BCUT2D eigenvalue weighted by Crippen LogP contribution is -2.54. The lowest BCUT2D eigenvalue weighted by molar-refractivity contribution is -0.145. The summed E-state index contributed by atoms with van der Waals surface area (Å²) in [5.41, 5.74) is 0.551. The van der Waals surface area contributed by atoms with Gasteiger partial charge in [-0.2, -0.15) is 0 Å². The highest BCUT2D eigenvalue weighted by Crippen LogP contribution is 2.35. The molecule has 0 aliphatic carbocycles. The average Bonchev–Trinajstić information content (AvgIpc) is 2.79. The Labute approximate surface area is 211 Å². The molecule has 0 aromatic heterocycles. The van der Waals surface area contributed by atoms with Crippen molar-refractivity contribution in [2.45, 2.75) is 13.8 Å². The number of thiocarbonyl (C=S) groups is 1. The highest BCUT2D eigenvalue weighted by molar-refractivity contribution is 7.80. The molecule has 11 heteroatoms. The van der Waals surface area contributed by atoms with E-state index >= 15 is 0 Å². The van der Waals surface area contributed by atoms with Gasteiger partial charge in [-0.15, -0.1) is 0 Å². The fraction of sp³-hybridized carbons (Fsp3) is 0.217. The molecule has 0 spiro atoms. The highest BCUT2D eigenvalue weighted by atomic mass is 35.5. The second-order valence-corrected chi connectivity index (χ2v) is 7.94. The van der Waals surface area contributed by atoms with Crippen LogP contribution in [-0.4, -0.2) is 42.7 Å². The van der Waals surface area contributed by atoms with Crippen LogP contribution in [0.3, 0.4) is 0 Å². The number of anilines is 1. The van der Waals surface area contributed by atoms with Gasteiger partial charge in [0.2, 0.25) is 0 Å². The summed E-state index contributed by atoms with van der Waals surface area (Å²) < 4.78 is 15.9. The zero-order valence-corrected chi connectivity index (χ0v) is 20.6. The normalized spacial score (nSPS) is 14.8. The van der Waals surface area contributed by atoms with Crippen molar-refractivity contribution >= 4 is 70.1 Å². The number of amides is 2. The smallest absolute Gasteiger partial charge is 0.344 e. The van der Waals surface area contributed by atoms with Crippen molar-refractivity contribution in [3.63, 3.8) is 0 Å². The third kappa shape index (κ3) is 5.67. The Morgan fingerprint density at radius 2 is 1.85 bits per heavy atom. The number of hydrogen-bond acceptors (Lipinski definition) is 7. The summed E-state index contributed by atoms with van der Waals surface area (Å²) in [6.07, 6.45) is 1.39. The summed E-state index contributed by atoms with van der Waals surface area (Å²) in [7, 11) is 0. The minimum Gasteiger partial charge on any atom is -0.490 e. The van der Waals surface area contributed by atoms with Gasteiger partial charge >= 0.3 is 5.97 Å². The van der Waals surface area contributed by atoms with E-state index in [9.17, 15) is 14.4 Å². The molecule has 34 heavy (non-hydrogen) atoms. The summed E-state index contributed by atoms with van der Waals surface area (Å²) in [6.45, 7) is 3.76. The number of halogens is 2. The first-order chi connectivity index (χ1) is 16.3. The summed E-state index contributed by atoms with van der Waals surface area (Å²) in [5.74, 6) is -1.21. The number of carbonyl (C=O) groups is 3. The van der Waals surface area contributed by atoms with E-state index in [1.54, 1.807) is 50.2 Å². The van der Waals surface area contributed by atoms with Gasteiger partial charge in [0.1, 0.15) is 5.57 Å². The van der Waals surface area contributed by atoms with Crippen molar-refractivity contribution in [1.29, 1.82) is 0 Å². The first kappa shape index (κ1) is 25.5. The van der Waals surface area contributed by atoms with E-state index < -0.39 is 17.8 Å². The number of benzene rings is 2. The Balaban J connectivity index is 1.93. The molecule has 1 N–H and O–H groups in total. The Bertz CT molecular complexity index is 1180. The second-order valence-electron chi connectivity index (χ2n) is 6.76. The summed E-state index contributed by atoms with van der Waals surface area (Å²) in [6, 6.07) is 9.51. The van der Waals surface area contributed by atoms with Crippen LogP contribution >= 0.6 is 35.4 Å². The molecule has 1 heterocycles. The van der Waals surface area contributed by atoms with Gasteiger partial charge in [0, 0.05) is 0 Å². The molecular weight excluding hydrogens is 503 g/mol. The minimum absolute atomic E-state index is 0.117. The zero-order chi connectivity index (χ0) is 24.8. The highest BCUT2D eigenvalue weighted by Gasteiger charge is 2.35. The molecule has 178 valence electrons. The van der Waals surface area contributed by atoms with Gasteiger partial charge in [-0.3, -0.25) is 19.8 Å². The molecule has 1 aliphatic heterocycles. The van der Waals surface area contributed by atoms with E-state index in [0.717, 1.165) is 4.90 Å². The molecule has 1 aliphatic rings. The van der Waals surface area contributed by atoms with Gasteiger partial charge in [-0.25, -0.2) is 4.79 Å². The van der Waals surface area contributed by atoms with Crippen LogP contribution in [-0.2, 0) is 19.1 Å². The Hall–Kier alpha value is -3.14. The van der Waals surface area contributed by atoms with E-state index in [-0.39, 0.29) is 39.6 Å². The molecule has 0 unspecified atom stereocenters. The number of esters is 1. The van der Waals surface area contributed by atoms with Gasteiger partial charge in [-0.1, -0.05) is 35.3 Å². The Morgan fingerprint density at radius 1 is 1.09 bits per heavy atom. The van der Waals surface area contributed by atoms with Crippen LogP contribution in [0.25, 0.3) is 6.08 Å². The van der Waals surface area contributed by atoms with Crippen LogP contribution in [0.15, 0.2) is 42.0 Å². The number of hydrogen-bond donors (Lipinski definition) is 1. The molecule has 0 atom stereocenters. The molecule has 2 aromatic carbocycles. The Morgan fingerprint density at radius 3 is 2.56 bits per heavy atom. The monoisotopic (exact) mass is 522 g/mol. The van der Waals surface area contributed by atoms with E-state index in [1.807, 2.05) is 0 Å². The van der Waals surface area contributed by atoms with Gasteiger partial charge in [0.15, 0.2) is 23.2 Å². The fourth-order valence-electron chi connectivity index (χ4n) is 3.05. The van der Waals surface area contributed by atoms with Gasteiger partial charge in [-0.05, 0) is 62.0 Å². The van der Waals surface area contributed by atoms with Crippen LogP contribution < -0.4 is 19.7 Å². The Kier molecular flexibility index (Phi) is 8.49. The second kappa shape index (κ2) is 11.3. The van der Waals surface area contributed by atoms with Gasteiger partial charge in [0.25, 0.3) is 11.8 Å². The lowest BCUT2D eigenvalue weighted by atomic mass is 10.1. The van der Waals surface area contributed by atoms with Crippen molar-refractivity contribution in [3.05, 3.63) is 57.6 Å². The van der Waals surface area contributed by atoms with Crippen LogP contribution in [0.1, 0.15) is 19.4 Å². The molecule has 1 saturated heterocycles. The zero-order valence-electron chi connectivity index (χ0n) is 18.2.